The van der Waals surface area contributed by atoms with E-state index in [0.717, 1.165) is 18.8 Å². The molecule has 0 bridgehead atoms. The van der Waals surface area contributed by atoms with Gasteiger partial charge in [-0.25, -0.2) is 0 Å². The quantitative estimate of drug-likeness (QED) is 0.684. The predicted molar refractivity (Wildman–Crippen MR) is 47.8 cm³/mol. The van der Waals surface area contributed by atoms with Gasteiger partial charge in [0.25, 0.3) is 0 Å². The second-order valence-corrected chi connectivity index (χ2v) is 2.72. The number of nitrogens with one attached hydrogen (secondary N) is 2. The minimum atomic E-state index is -0.0209. The van der Waals surface area contributed by atoms with E-state index in [2.05, 4.69) is 10.6 Å². The van der Waals surface area contributed by atoms with Crippen molar-refractivity contribution in [3.63, 3.8) is 0 Å². The molecule has 12 heavy (non-hydrogen) atoms. The summed E-state index contributed by atoms with van der Waals surface area (Å²) < 4.78 is 5.33. The molecule has 1 aromatic carbocycles. The van der Waals surface area contributed by atoms with Crippen molar-refractivity contribution in [2.45, 2.75) is 6.35 Å². The molecule has 0 spiro atoms. The van der Waals surface area contributed by atoms with Gasteiger partial charge in [0.2, 0.25) is 0 Å². The van der Waals surface area contributed by atoms with E-state index < -0.39 is 0 Å². The average molecular weight is 164 g/mol. The Hall–Kier alpha value is -1.06. The van der Waals surface area contributed by atoms with Gasteiger partial charge in [-0.3, -0.25) is 5.32 Å². The number of para-hydroxylation sites is 1. The SMILES string of the molecule is c1ccc(NC2NCCO2)cc1. The Labute approximate surface area is 71.7 Å². The Bertz CT molecular complexity index is 232. The number of rotatable bonds is 2. The van der Waals surface area contributed by atoms with E-state index in [1.54, 1.807) is 0 Å². The van der Waals surface area contributed by atoms with Crippen molar-refractivity contribution >= 4 is 5.69 Å². The van der Waals surface area contributed by atoms with Crippen LogP contribution in [-0.2, 0) is 4.74 Å². The highest BCUT2D eigenvalue weighted by Gasteiger charge is 2.12. The summed E-state index contributed by atoms with van der Waals surface area (Å²) in [4.78, 5) is 0. The van der Waals surface area contributed by atoms with Crippen LogP contribution in [0.5, 0.6) is 0 Å². The molecule has 0 aromatic heterocycles. The van der Waals surface area contributed by atoms with E-state index in [4.69, 9.17) is 4.74 Å². The highest BCUT2D eigenvalue weighted by molar-refractivity contribution is 5.42. The summed E-state index contributed by atoms with van der Waals surface area (Å²) in [7, 11) is 0. The minimum absolute atomic E-state index is 0.0209. The topological polar surface area (TPSA) is 33.3 Å². The third-order valence-electron chi connectivity index (χ3n) is 1.79. The molecule has 1 atom stereocenters. The third-order valence-corrected chi connectivity index (χ3v) is 1.79. The van der Waals surface area contributed by atoms with Crippen LogP contribution in [0.3, 0.4) is 0 Å². The fourth-order valence-corrected chi connectivity index (χ4v) is 1.20. The predicted octanol–water partition coefficient (Wildman–Crippen LogP) is 1.00. The minimum Gasteiger partial charge on any atom is -0.348 e. The van der Waals surface area contributed by atoms with E-state index in [9.17, 15) is 0 Å². The number of anilines is 1. The van der Waals surface area contributed by atoms with Gasteiger partial charge in [-0.1, -0.05) is 18.2 Å². The molecule has 1 heterocycles. The first-order valence-electron chi connectivity index (χ1n) is 4.12. The molecule has 3 nitrogen and oxygen atoms in total. The molecular weight excluding hydrogens is 152 g/mol. The lowest BCUT2D eigenvalue weighted by molar-refractivity contribution is 0.123. The van der Waals surface area contributed by atoms with Crippen LogP contribution >= 0.6 is 0 Å². The molecule has 1 aromatic rings. The molecule has 1 saturated heterocycles. The highest BCUT2D eigenvalue weighted by atomic mass is 16.5. The molecular formula is C9H12N2O. The molecule has 0 radical (unpaired) electrons. The molecule has 0 aliphatic carbocycles. The Kier molecular flexibility index (Phi) is 2.25. The second-order valence-electron chi connectivity index (χ2n) is 2.72. The van der Waals surface area contributed by atoms with E-state index >= 15 is 0 Å². The van der Waals surface area contributed by atoms with Gasteiger partial charge in [-0.2, -0.15) is 0 Å². The number of ether oxygens (including phenoxy) is 1. The second kappa shape index (κ2) is 3.56. The van der Waals surface area contributed by atoms with Gasteiger partial charge in [-0.15, -0.1) is 0 Å². The summed E-state index contributed by atoms with van der Waals surface area (Å²) in [6, 6.07) is 10.0. The van der Waals surface area contributed by atoms with Crippen LogP contribution in [-0.4, -0.2) is 19.5 Å². The molecule has 2 N–H and O–H groups in total. The van der Waals surface area contributed by atoms with Gasteiger partial charge in [-0.05, 0) is 12.1 Å². The van der Waals surface area contributed by atoms with Crippen molar-refractivity contribution in [2.24, 2.45) is 0 Å². The highest BCUT2D eigenvalue weighted by Crippen LogP contribution is 2.07. The maximum atomic E-state index is 5.33. The van der Waals surface area contributed by atoms with Gasteiger partial charge < -0.3 is 10.1 Å². The Balaban J connectivity index is 1.94. The van der Waals surface area contributed by atoms with Gasteiger partial charge in [0.15, 0.2) is 6.35 Å². The zero-order chi connectivity index (χ0) is 8.23. The maximum Gasteiger partial charge on any atom is 0.184 e. The van der Waals surface area contributed by atoms with Gasteiger partial charge in [0.1, 0.15) is 0 Å². The van der Waals surface area contributed by atoms with Gasteiger partial charge in [0, 0.05) is 12.2 Å². The molecule has 64 valence electrons. The third kappa shape index (κ3) is 1.75. The lowest BCUT2D eigenvalue weighted by atomic mass is 10.3. The van der Waals surface area contributed by atoms with E-state index in [1.807, 2.05) is 30.3 Å². The van der Waals surface area contributed by atoms with Crippen molar-refractivity contribution in [3.8, 4) is 0 Å². The average Bonchev–Trinajstić information content (AvgIpc) is 2.59. The molecule has 2 rings (SSSR count). The van der Waals surface area contributed by atoms with Crippen LogP contribution in [0.4, 0.5) is 5.69 Å². The van der Waals surface area contributed by atoms with Crippen LogP contribution in [0.25, 0.3) is 0 Å². The Morgan fingerprint density at radius 3 is 2.83 bits per heavy atom. The fraction of sp³-hybridized carbons (Fsp3) is 0.333. The smallest absolute Gasteiger partial charge is 0.184 e. The van der Waals surface area contributed by atoms with Crippen LogP contribution < -0.4 is 10.6 Å². The summed E-state index contributed by atoms with van der Waals surface area (Å²) in [5.41, 5.74) is 1.08. The standard InChI is InChI=1S/C9H12N2O/c1-2-4-8(5-3-1)11-9-10-6-7-12-9/h1-5,9-11H,6-7H2. The summed E-state index contributed by atoms with van der Waals surface area (Å²) in [5.74, 6) is 0. The van der Waals surface area contributed by atoms with Crippen molar-refractivity contribution in [1.29, 1.82) is 0 Å². The molecule has 1 fully saturated rings. The lowest BCUT2D eigenvalue weighted by Gasteiger charge is -2.12. The molecule has 0 amide bonds. The monoisotopic (exact) mass is 164 g/mol. The first kappa shape index (κ1) is 7.58. The maximum absolute atomic E-state index is 5.33. The first-order valence-corrected chi connectivity index (χ1v) is 4.12. The number of hydrogen-bond donors (Lipinski definition) is 2. The zero-order valence-corrected chi connectivity index (χ0v) is 6.79. The van der Waals surface area contributed by atoms with Crippen LogP contribution in [0.15, 0.2) is 30.3 Å². The van der Waals surface area contributed by atoms with Crippen LogP contribution in [0, 0.1) is 0 Å². The Morgan fingerprint density at radius 2 is 2.17 bits per heavy atom. The summed E-state index contributed by atoms with van der Waals surface area (Å²) in [6.45, 7) is 1.70. The largest absolute Gasteiger partial charge is 0.348 e. The van der Waals surface area contributed by atoms with Gasteiger partial charge >= 0.3 is 0 Å². The molecule has 1 unspecified atom stereocenters. The molecule has 1 aliphatic rings. The van der Waals surface area contributed by atoms with Crippen LogP contribution in [0.1, 0.15) is 0 Å². The Morgan fingerprint density at radius 1 is 1.33 bits per heavy atom. The van der Waals surface area contributed by atoms with Crippen molar-refractivity contribution in [2.75, 3.05) is 18.5 Å². The number of hydrogen-bond acceptors (Lipinski definition) is 3. The lowest BCUT2D eigenvalue weighted by Crippen LogP contribution is -2.30. The summed E-state index contributed by atoms with van der Waals surface area (Å²) >= 11 is 0. The summed E-state index contributed by atoms with van der Waals surface area (Å²) in [6.07, 6.45) is -0.0209. The zero-order valence-electron chi connectivity index (χ0n) is 6.79. The van der Waals surface area contributed by atoms with E-state index in [1.165, 1.54) is 0 Å². The number of benzene rings is 1. The summed E-state index contributed by atoms with van der Waals surface area (Å²) in [5, 5.41) is 6.38. The molecule has 3 heteroatoms. The van der Waals surface area contributed by atoms with Gasteiger partial charge in [0.05, 0.1) is 6.61 Å². The first-order chi connectivity index (χ1) is 5.95. The van der Waals surface area contributed by atoms with Crippen molar-refractivity contribution < 1.29 is 4.74 Å². The van der Waals surface area contributed by atoms with E-state index in [0.29, 0.717) is 0 Å². The van der Waals surface area contributed by atoms with Crippen molar-refractivity contribution in [1.82, 2.24) is 5.32 Å². The van der Waals surface area contributed by atoms with Crippen LogP contribution in [0.2, 0.25) is 0 Å². The normalized spacial score (nSPS) is 22.5. The van der Waals surface area contributed by atoms with Crippen molar-refractivity contribution in [3.05, 3.63) is 30.3 Å². The van der Waals surface area contributed by atoms with E-state index in [-0.39, 0.29) is 6.35 Å². The molecule has 1 aliphatic heterocycles. The molecule has 0 saturated carbocycles. The fourth-order valence-electron chi connectivity index (χ4n) is 1.20.